The Morgan fingerprint density at radius 1 is 0.943 bits per heavy atom. The molecule has 0 amide bonds. The van der Waals surface area contributed by atoms with Gasteiger partial charge in [-0.05, 0) is 62.1 Å². The summed E-state index contributed by atoms with van der Waals surface area (Å²) in [6.45, 7) is 3.66. The Morgan fingerprint density at radius 3 is 2.09 bits per heavy atom. The zero-order chi connectivity index (χ0) is 24.7. The molecular weight excluding hydrogens is 459 g/mol. The second-order valence-corrected chi connectivity index (χ2v) is 10.9. The fraction of sp³-hybridized carbons (Fsp3) is 0.300. The molecule has 1 saturated carbocycles. The van der Waals surface area contributed by atoms with Crippen LogP contribution < -0.4 is 4.74 Å². The lowest BCUT2D eigenvalue weighted by Gasteiger charge is -2.23. The third kappa shape index (κ3) is 6.46. The molecule has 1 fully saturated rings. The van der Waals surface area contributed by atoms with Crippen molar-refractivity contribution >= 4 is 16.9 Å². The van der Waals surface area contributed by atoms with Crippen LogP contribution >= 0.6 is 0 Å². The lowest BCUT2D eigenvalue weighted by Crippen LogP contribution is -2.32. The second kappa shape index (κ2) is 11.5. The van der Waals surface area contributed by atoms with Gasteiger partial charge in [0.2, 0.25) is 0 Å². The van der Waals surface area contributed by atoms with Crippen molar-refractivity contribution < 1.29 is 18.7 Å². The molecule has 35 heavy (non-hydrogen) atoms. The molecule has 0 unspecified atom stereocenters. The summed E-state index contributed by atoms with van der Waals surface area (Å²) in [7, 11) is -0.464. The predicted octanol–water partition coefficient (Wildman–Crippen LogP) is 6.82. The van der Waals surface area contributed by atoms with Gasteiger partial charge >= 0.3 is 5.97 Å². The molecule has 0 heterocycles. The van der Waals surface area contributed by atoms with Crippen molar-refractivity contribution in [2.75, 3.05) is 6.61 Å². The Labute approximate surface area is 210 Å². The van der Waals surface area contributed by atoms with Crippen LogP contribution in [-0.4, -0.2) is 18.2 Å². The van der Waals surface area contributed by atoms with Crippen molar-refractivity contribution in [2.24, 2.45) is 5.92 Å². The molecule has 0 bridgehead atoms. The highest BCUT2D eigenvalue weighted by atomic mass is 32.2. The normalized spacial score (nSPS) is 14.4. The van der Waals surface area contributed by atoms with Gasteiger partial charge in [0.25, 0.3) is 0 Å². The Bertz CT molecular complexity index is 1150. The SMILES string of the molecule is CC(C)C#CC1(OC(=O)COc2ccc([S+](c3ccccc3)c3ccccc3)cc2F)CCCC1. The van der Waals surface area contributed by atoms with Gasteiger partial charge in [-0.25, -0.2) is 9.18 Å². The molecule has 4 rings (SSSR count). The lowest BCUT2D eigenvalue weighted by atomic mass is 10.0. The number of ether oxygens (including phenoxy) is 2. The maximum atomic E-state index is 15.1. The van der Waals surface area contributed by atoms with Gasteiger partial charge in [-0.2, -0.15) is 0 Å². The van der Waals surface area contributed by atoms with Gasteiger partial charge in [0.05, 0.1) is 10.9 Å². The van der Waals surface area contributed by atoms with Gasteiger partial charge in [-0.3, -0.25) is 0 Å². The van der Waals surface area contributed by atoms with E-state index < -0.39 is 28.3 Å². The Morgan fingerprint density at radius 2 is 1.54 bits per heavy atom. The van der Waals surface area contributed by atoms with E-state index in [-0.39, 0.29) is 18.3 Å². The summed E-state index contributed by atoms with van der Waals surface area (Å²) in [5.74, 6) is 5.50. The van der Waals surface area contributed by atoms with Crippen LogP contribution in [0.2, 0.25) is 0 Å². The maximum Gasteiger partial charge on any atom is 0.345 e. The first-order valence-electron chi connectivity index (χ1n) is 12.0. The van der Waals surface area contributed by atoms with Crippen LogP contribution in [0.15, 0.2) is 93.5 Å². The fourth-order valence-electron chi connectivity index (χ4n) is 4.11. The average Bonchev–Trinajstić information content (AvgIpc) is 3.32. The minimum atomic E-state index is -0.743. The third-order valence-electron chi connectivity index (χ3n) is 5.75. The molecule has 0 saturated heterocycles. The van der Waals surface area contributed by atoms with Crippen LogP contribution in [0.3, 0.4) is 0 Å². The molecular formula is C30H30FO3S+. The molecule has 0 spiro atoms. The van der Waals surface area contributed by atoms with E-state index in [0.29, 0.717) is 0 Å². The zero-order valence-corrected chi connectivity index (χ0v) is 20.9. The highest BCUT2D eigenvalue weighted by Crippen LogP contribution is 2.34. The predicted molar refractivity (Wildman–Crippen MR) is 137 cm³/mol. The van der Waals surface area contributed by atoms with Crippen molar-refractivity contribution in [1.82, 2.24) is 0 Å². The van der Waals surface area contributed by atoms with E-state index in [1.807, 2.05) is 56.3 Å². The topological polar surface area (TPSA) is 35.5 Å². The molecule has 3 aromatic carbocycles. The van der Waals surface area contributed by atoms with E-state index in [2.05, 4.69) is 36.1 Å². The van der Waals surface area contributed by atoms with Crippen molar-refractivity contribution in [3.63, 3.8) is 0 Å². The van der Waals surface area contributed by atoms with E-state index in [9.17, 15) is 4.79 Å². The summed E-state index contributed by atoms with van der Waals surface area (Å²) >= 11 is 0. The first-order chi connectivity index (χ1) is 17.0. The summed E-state index contributed by atoms with van der Waals surface area (Å²) in [6.07, 6.45) is 3.40. The monoisotopic (exact) mass is 489 g/mol. The van der Waals surface area contributed by atoms with E-state index in [4.69, 9.17) is 9.47 Å². The quantitative estimate of drug-likeness (QED) is 0.208. The molecule has 3 nitrogen and oxygen atoms in total. The first kappa shape index (κ1) is 24.9. The van der Waals surface area contributed by atoms with Crippen LogP contribution in [0.4, 0.5) is 4.39 Å². The number of halogens is 1. The van der Waals surface area contributed by atoms with Crippen LogP contribution in [0.25, 0.3) is 0 Å². The molecule has 0 N–H and O–H groups in total. The minimum Gasteiger partial charge on any atom is -0.479 e. The molecule has 0 aliphatic heterocycles. The highest BCUT2D eigenvalue weighted by molar-refractivity contribution is 7.97. The Hall–Kier alpha value is -3.23. The van der Waals surface area contributed by atoms with Gasteiger partial charge in [-0.1, -0.05) is 62.1 Å². The van der Waals surface area contributed by atoms with E-state index in [1.165, 1.54) is 6.07 Å². The summed E-state index contributed by atoms with van der Waals surface area (Å²) in [5.41, 5.74) is -0.743. The first-order valence-corrected chi connectivity index (χ1v) is 13.2. The van der Waals surface area contributed by atoms with Crippen LogP contribution in [0.1, 0.15) is 39.5 Å². The third-order valence-corrected chi connectivity index (χ3v) is 7.96. The Balaban J connectivity index is 1.48. The number of hydrogen-bond donors (Lipinski definition) is 0. The summed E-state index contributed by atoms with van der Waals surface area (Å²) in [5, 5.41) is 0. The standard InChI is InChI=1S/C30H30FO3S/c1-23(2)17-20-30(18-9-10-19-30)34-29(32)22-33-28-16-15-26(21-27(28)31)35(24-11-5-3-6-12-24)25-13-7-4-8-14-25/h3-8,11-16,21,23H,9-10,18-19,22H2,1-2H3/q+1. The van der Waals surface area contributed by atoms with E-state index in [1.54, 1.807) is 6.07 Å². The minimum absolute atomic E-state index is 0.0316. The highest BCUT2D eigenvalue weighted by Gasteiger charge is 2.36. The lowest BCUT2D eigenvalue weighted by molar-refractivity contribution is -0.156. The number of esters is 1. The summed E-state index contributed by atoms with van der Waals surface area (Å²) in [4.78, 5) is 15.6. The van der Waals surface area contributed by atoms with Crippen molar-refractivity contribution in [3.05, 3.63) is 84.7 Å². The van der Waals surface area contributed by atoms with Gasteiger partial charge in [0.1, 0.15) is 0 Å². The molecule has 3 aromatic rings. The molecule has 5 heteroatoms. The van der Waals surface area contributed by atoms with Gasteiger partial charge < -0.3 is 9.47 Å². The molecule has 0 radical (unpaired) electrons. The molecule has 0 aromatic heterocycles. The number of carbonyl (C=O) groups is 1. The van der Waals surface area contributed by atoms with Gasteiger partial charge in [-0.15, -0.1) is 0 Å². The fourth-order valence-corrected chi connectivity index (χ4v) is 6.21. The van der Waals surface area contributed by atoms with E-state index >= 15 is 4.39 Å². The second-order valence-electron chi connectivity index (χ2n) is 8.91. The number of benzene rings is 3. The number of carbonyl (C=O) groups excluding carboxylic acids is 1. The largest absolute Gasteiger partial charge is 0.479 e. The molecule has 1 aliphatic rings. The maximum absolute atomic E-state index is 15.1. The van der Waals surface area contributed by atoms with E-state index in [0.717, 1.165) is 40.4 Å². The number of hydrogen-bond acceptors (Lipinski definition) is 3. The molecule has 0 atom stereocenters. The zero-order valence-electron chi connectivity index (χ0n) is 20.1. The van der Waals surface area contributed by atoms with Crippen LogP contribution in [-0.2, 0) is 20.4 Å². The molecule has 1 aliphatic carbocycles. The number of rotatable bonds is 7. The average molecular weight is 490 g/mol. The van der Waals surface area contributed by atoms with Crippen molar-refractivity contribution in [1.29, 1.82) is 0 Å². The smallest absolute Gasteiger partial charge is 0.345 e. The van der Waals surface area contributed by atoms with Crippen molar-refractivity contribution in [2.45, 2.75) is 59.8 Å². The van der Waals surface area contributed by atoms with Gasteiger partial charge in [0.15, 0.2) is 38.5 Å². The summed E-state index contributed by atoms with van der Waals surface area (Å²) < 4.78 is 26.3. The molecule has 180 valence electrons. The summed E-state index contributed by atoms with van der Waals surface area (Å²) in [6, 6.07) is 25.0. The van der Waals surface area contributed by atoms with Gasteiger partial charge in [0, 0.05) is 12.0 Å². The van der Waals surface area contributed by atoms with Crippen LogP contribution in [0.5, 0.6) is 5.75 Å². The van der Waals surface area contributed by atoms with Crippen LogP contribution in [0, 0.1) is 23.6 Å². The Kier molecular flexibility index (Phi) is 8.15. The van der Waals surface area contributed by atoms with Crippen molar-refractivity contribution in [3.8, 4) is 17.6 Å².